The Hall–Kier alpha value is -1.36. The van der Waals surface area contributed by atoms with Gasteiger partial charge in [-0.15, -0.1) is 0 Å². The van der Waals surface area contributed by atoms with Gasteiger partial charge in [-0.1, -0.05) is 0 Å². The third-order valence-electron chi connectivity index (χ3n) is 1.87. The van der Waals surface area contributed by atoms with Gasteiger partial charge in [0, 0.05) is 26.1 Å². The number of rotatable bonds is 3. The summed E-state index contributed by atoms with van der Waals surface area (Å²) in [6.45, 7) is 0.243. The summed E-state index contributed by atoms with van der Waals surface area (Å²) >= 11 is 0. The molecule has 1 aliphatic heterocycles. The average Bonchev–Trinajstić information content (AvgIpc) is 2.43. The minimum Gasteiger partial charge on any atom is -0.370 e. The van der Waals surface area contributed by atoms with Gasteiger partial charge in [0.2, 0.25) is 11.8 Å². The lowest BCUT2D eigenvalue weighted by atomic mass is 10.3. The highest BCUT2D eigenvalue weighted by Crippen LogP contribution is 2.08. The van der Waals surface area contributed by atoms with E-state index in [0.29, 0.717) is 0 Å². The van der Waals surface area contributed by atoms with Crippen molar-refractivity contribution in [2.24, 2.45) is 0 Å². The van der Waals surface area contributed by atoms with Crippen LogP contribution in [0.3, 0.4) is 0 Å². The number of amides is 2. The Labute approximate surface area is 76.0 Å². The fourth-order valence-corrected chi connectivity index (χ4v) is 1.09. The molecule has 0 bridgehead atoms. The number of carbonyl (C=O) groups is 2. The molecule has 1 atom stereocenters. The number of aliphatic hydroxyl groups excluding tert-OH is 1. The molecule has 0 aliphatic carbocycles. The summed E-state index contributed by atoms with van der Waals surface area (Å²) in [7, 11) is 1.53. The molecule has 13 heavy (non-hydrogen) atoms. The minimum absolute atomic E-state index is 0.146. The third kappa shape index (κ3) is 2.29. The molecular formula is C8H12N2O3. The molecule has 72 valence electrons. The van der Waals surface area contributed by atoms with Crippen LogP contribution >= 0.6 is 0 Å². The normalized spacial score (nSPS) is 20.9. The topological polar surface area (TPSA) is 69.6 Å². The standard InChI is InChI=1S/C8H12N2O3/c1-9-6(11)4-5-10-7(12)2-3-8(10)13/h2-3,7,12H,4-5H2,1H3,(H,9,11). The lowest BCUT2D eigenvalue weighted by Crippen LogP contribution is -2.36. The lowest BCUT2D eigenvalue weighted by Gasteiger charge is -2.19. The number of nitrogens with zero attached hydrogens (tertiary/aromatic N) is 1. The zero-order valence-electron chi connectivity index (χ0n) is 7.36. The van der Waals surface area contributed by atoms with Gasteiger partial charge in [-0.25, -0.2) is 0 Å². The van der Waals surface area contributed by atoms with Crippen molar-refractivity contribution in [2.75, 3.05) is 13.6 Å². The van der Waals surface area contributed by atoms with Crippen molar-refractivity contribution < 1.29 is 14.7 Å². The van der Waals surface area contributed by atoms with Crippen molar-refractivity contribution in [2.45, 2.75) is 12.6 Å². The number of hydrogen-bond donors (Lipinski definition) is 2. The smallest absolute Gasteiger partial charge is 0.248 e. The molecule has 0 aromatic heterocycles. The van der Waals surface area contributed by atoms with E-state index < -0.39 is 6.23 Å². The summed E-state index contributed by atoms with van der Waals surface area (Å²) in [6.07, 6.45) is 2.03. The monoisotopic (exact) mass is 184 g/mol. The highest BCUT2D eigenvalue weighted by Gasteiger charge is 2.23. The highest BCUT2D eigenvalue weighted by atomic mass is 16.3. The zero-order chi connectivity index (χ0) is 9.84. The average molecular weight is 184 g/mol. The minimum atomic E-state index is -0.878. The van der Waals surface area contributed by atoms with E-state index in [9.17, 15) is 14.7 Å². The van der Waals surface area contributed by atoms with E-state index in [4.69, 9.17) is 0 Å². The Bertz CT molecular complexity index is 250. The first-order chi connectivity index (χ1) is 6.15. The molecule has 2 amide bonds. The van der Waals surface area contributed by atoms with Crippen molar-refractivity contribution >= 4 is 11.8 Å². The molecule has 0 saturated heterocycles. The van der Waals surface area contributed by atoms with Crippen LogP contribution in [0.2, 0.25) is 0 Å². The van der Waals surface area contributed by atoms with E-state index in [0.717, 1.165) is 0 Å². The summed E-state index contributed by atoms with van der Waals surface area (Å²) in [5, 5.41) is 11.7. The molecule has 0 saturated carbocycles. The summed E-state index contributed by atoms with van der Waals surface area (Å²) in [4.78, 5) is 23.1. The molecular weight excluding hydrogens is 172 g/mol. The summed E-state index contributed by atoms with van der Waals surface area (Å²) in [5.74, 6) is -0.400. The third-order valence-corrected chi connectivity index (χ3v) is 1.87. The van der Waals surface area contributed by atoms with Gasteiger partial charge in [-0.2, -0.15) is 0 Å². The van der Waals surface area contributed by atoms with E-state index in [1.807, 2.05) is 0 Å². The largest absolute Gasteiger partial charge is 0.370 e. The van der Waals surface area contributed by atoms with Crippen molar-refractivity contribution in [3.05, 3.63) is 12.2 Å². The van der Waals surface area contributed by atoms with Crippen LogP contribution in [0, 0.1) is 0 Å². The predicted octanol–water partition coefficient (Wildman–Crippen LogP) is -1.16. The van der Waals surface area contributed by atoms with E-state index >= 15 is 0 Å². The van der Waals surface area contributed by atoms with Crippen molar-refractivity contribution in [3.63, 3.8) is 0 Å². The second kappa shape index (κ2) is 4.04. The Balaban J connectivity index is 2.37. The first-order valence-electron chi connectivity index (χ1n) is 4.02. The Morgan fingerprint density at radius 1 is 1.77 bits per heavy atom. The first-order valence-corrected chi connectivity index (χ1v) is 4.02. The van der Waals surface area contributed by atoms with Crippen LogP contribution in [-0.4, -0.2) is 41.6 Å². The van der Waals surface area contributed by atoms with Gasteiger partial charge in [0.25, 0.3) is 0 Å². The van der Waals surface area contributed by atoms with Gasteiger partial charge in [0.1, 0.15) is 6.23 Å². The van der Waals surface area contributed by atoms with E-state index in [-0.39, 0.29) is 24.8 Å². The van der Waals surface area contributed by atoms with Crippen LogP contribution in [0.5, 0.6) is 0 Å². The van der Waals surface area contributed by atoms with Crippen LogP contribution in [0.1, 0.15) is 6.42 Å². The Kier molecular flexibility index (Phi) is 3.02. The van der Waals surface area contributed by atoms with Gasteiger partial charge < -0.3 is 15.3 Å². The maximum atomic E-state index is 11.0. The van der Waals surface area contributed by atoms with Gasteiger partial charge in [0.15, 0.2) is 0 Å². The molecule has 0 radical (unpaired) electrons. The SMILES string of the molecule is CNC(=O)CCN1C(=O)C=CC1O. The number of nitrogens with one attached hydrogen (secondary N) is 1. The van der Waals surface area contributed by atoms with Crippen LogP contribution in [0.15, 0.2) is 12.2 Å². The van der Waals surface area contributed by atoms with Gasteiger partial charge in [0.05, 0.1) is 0 Å². The summed E-state index contributed by atoms with van der Waals surface area (Å²) < 4.78 is 0. The Morgan fingerprint density at radius 3 is 2.92 bits per heavy atom. The van der Waals surface area contributed by atoms with E-state index in [1.54, 1.807) is 0 Å². The van der Waals surface area contributed by atoms with Crippen molar-refractivity contribution in [1.29, 1.82) is 0 Å². The van der Waals surface area contributed by atoms with Crippen LogP contribution in [0.25, 0.3) is 0 Å². The van der Waals surface area contributed by atoms with Gasteiger partial charge >= 0.3 is 0 Å². The molecule has 0 spiro atoms. The van der Waals surface area contributed by atoms with Crippen molar-refractivity contribution in [3.8, 4) is 0 Å². The summed E-state index contributed by atoms with van der Waals surface area (Å²) in [5.41, 5.74) is 0. The molecule has 1 aliphatic rings. The molecule has 0 aromatic carbocycles. The number of aliphatic hydroxyl groups is 1. The van der Waals surface area contributed by atoms with Gasteiger partial charge in [-0.05, 0) is 6.08 Å². The quantitative estimate of drug-likeness (QED) is 0.581. The molecule has 2 N–H and O–H groups in total. The molecule has 1 rings (SSSR count). The van der Waals surface area contributed by atoms with Crippen molar-refractivity contribution in [1.82, 2.24) is 10.2 Å². The first kappa shape index (κ1) is 9.73. The molecule has 1 unspecified atom stereocenters. The lowest BCUT2D eigenvalue weighted by molar-refractivity contribution is -0.131. The maximum absolute atomic E-state index is 11.0. The van der Waals surface area contributed by atoms with E-state index in [1.165, 1.54) is 24.1 Å². The molecule has 1 heterocycles. The fraction of sp³-hybridized carbons (Fsp3) is 0.500. The summed E-state index contributed by atoms with van der Waals surface area (Å²) in [6, 6.07) is 0. The van der Waals surface area contributed by atoms with Crippen LogP contribution in [-0.2, 0) is 9.59 Å². The Morgan fingerprint density at radius 2 is 2.46 bits per heavy atom. The molecule has 5 heteroatoms. The molecule has 5 nitrogen and oxygen atoms in total. The predicted molar refractivity (Wildman–Crippen MR) is 45.5 cm³/mol. The molecule has 0 fully saturated rings. The molecule has 0 aromatic rings. The fourth-order valence-electron chi connectivity index (χ4n) is 1.09. The van der Waals surface area contributed by atoms with E-state index in [2.05, 4.69) is 5.32 Å². The number of carbonyl (C=O) groups excluding carboxylic acids is 2. The number of hydrogen-bond acceptors (Lipinski definition) is 3. The zero-order valence-corrected chi connectivity index (χ0v) is 7.36. The second-order valence-electron chi connectivity index (χ2n) is 2.73. The second-order valence-corrected chi connectivity index (χ2v) is 2.73. The maximum Gasteiger partial charge on any atom is 0.248 e. The highest BCUT2D eigenvalue weighted by molar-refractivity contribution is 5.90. The van der Waals surface area contributed by atoms with Crippen LogP contribution < -0.4 is 5.32 Å². The van der Waals surface area contributed by atoms with Crippen LogP contribution in [0.4, 0.5) is 0 Å². The van der Waals surface area contributed by atoms with Gasteiger partial charge in [-0.3, -0.25) is 9.59 Å².